The number of anilines is 1. The number of amides is 1. The first-order valence-electron chi connectivity index (χ1n) is 9.58. The molecular weight excluding hydrogens is 338 g/mol. The summed E-state index contributed by atoms with van der Waals surface area (Å²) in [6.45, 7) is 6.99. The van der Waals surface area contributed by atoms with E-state index in [2.05, 4.69) is 27.6 Å². The van der Waals surface area contributed by atoms with Crippen LogP contribution in [-0.4, -0.2) is 33.1 Å². The second-order valence-corrected chi connectivity index (χ2v) is 7.28. The highest BCUT2D eigenvalue weighted by atomic mass is 16.1. The minimum absolute atomic E-state index is 0.0136. The van der Waals surface area contributed by atoms with Crippen molar-refractivity contribution in [3.8, 4) is 11.3 Å². The Balaban J connectivity index is 1.70. The van der Waals surface area contributed by atoms with Crippen molar-refractivity contribution in [2.75, 3.05) is 11.9 Å². The molecule has 2 N–H and O–H groups in total. The summed E-state index contributed by atoms with van der Waals surface area (Å²) in [6.07, 6.45) is 5.07. The highest BCUT2D eigenvalue weighted by Crippen LogP contribution is 2.27. The van der Waals surface area contributed by atoms with Crippen LogP contribution in [0.3, 0.4) is 0 Å². The van der Waals surface area contributed by atoms with Crippen LogP contribution in [0.15, 0.2) is 30.5 Å². The molecule has 0 atom stereocenters. The van der Waals surface area contributed by atoms with E-state index in [-0.39, 0.29) is 5.91 Å². The van der Waals surface area contributed by atoms with Gasteiger partial charge in [0.2, 0.25) is 0 Å². The molecule has 1 aliphatic carbocycles. The highest BCUT2D eigenvalue weighted by Gasteiger charge is 2.24. The highest BCUT2D eigenvalue weighted by molar-refractivity contribution is 5.96. The Bertz CT molecular complexity index is 1000. The number of fused-ring (bicyclic) bond motifs is 1. The Morgan fingerprint density at radius 3 is 2.78 bits per heavy atom. The Kier molecular flexibility index (Phi) is 4.56. The van der Waals surface area contributed by atoms with Crippen LogP contribution in [0.1, 0.15) is 47.8 Å². The Morgan fingerprint density at radius 1 is 1.26 bits per heavy atom. The zero-order valence-electron chi connectivity index (χ0n) is 16.0. The molecule has 0 saturated heterocycles. The maximum absolute atomic E-state index is 12.4. The number of benzene rings is 1. The van der Waals surface area contributed by atoms with Gasteiger partial charge in [0.25, 0.3) is 5.91 Å². The maximum Gasteiger partial charge on any atom is 0.251 e. The second kappa shape index (κ2) is 7.02. The summed E-state index contributed by atoms with van der Waals surface area (Å²) in [6, 6.07) is 8.29. The zero-order chi connectivity index (χ0) is 19.0. The number of carbonyl (C=O) groups is 1. The minimum Gasteiger partial charge on any atom is -0.382 e. The molecule has 1 amide bonds. The van der Waals surface area contributed by atoms with E-state index in [0.717, 1.165) is 65.2 Å². The van der Waals surface area contributed by atoms with Gasteiger partial charge >= 0.3 is 0 Å². The van der Waals surface area contributed by atoms with Crippen LogP contribution in [0.25, 0.3) is 16.9 Å². The molecule has 0 radical (unpaired) electrons. The molecule has 1 aromatic carbocycles. The van der Waals surface area contributed by atoms with Crippen molar-refractivity contribution in [1.29, 1.82) is 0 Å². The van der Waals surface area contributed by atoms with E-state index >= 15 is 0 Å². The van der Waals surface area contributed by atoms with E-state index < -0.39 is 0 Å². The number of rotatable bonds is 6. The molecule has 2 heterocycles. The average Bonchev–Trinajstić information content (AvgIpc) is 3.35. The van der Waals surface area contributed by atoms with Crippen molar-refractivity contribution >= 4 is 17.2 Å². The molecular formula is C21H25N5O. The van der Waals surface area contributed by atoms with Gasteiger partial charge in [-0.3, -0.25) is 4.79 Å². The lowest BCUT2D eigenvalue weighted by molar-refractivity contribution is 0.0950. The molecule has 0 spiro atoms. The zero-order valence-corrected chi connectivity index (χ0v) is 16.0. The van der Waals surface area contributed by atoms with Gasteiger partial charge in [0, 0.05) is 23.7 Å². The van der Waals surface area contributed by atoms with Crippen molar-refractivity contribution in [3.63, 3.8) is 0 Å². The first kappa shape index (κ1) is 17.5. The standard InChI is InChI=1S/C21H25N5O/c1-4-9-22-18-11-14(3)25-26-19(12-23-20(18)26)15-5-8-17(13(2)10-15)21(27)24-16-6-7-16/h5,8,10-12,16,22H,4,6-7,9H2,1-3H3,(H,24,27). The van der Waals surface area contributed by atoms with E-state index in [1.165, 1.54) is 0 Å². The molecule has 0 aliphatic heterocycles. The van der Waals surface area contributed by atoms with Gasteiger partial charge in [-0.2, -0.15) is 5.10 Å². The van der Waals surface area contributed by atoms with E-state index in [0.29, 0.717) is 6.04 Å². The molecule has 3 aromatic rings. The molecule has 0 unspecified atom stereocenters. The summed E-state index contributed by atoms with van der Waals surface area (Å²) in [5.41, 5.74) is 6.35. The molecule has 1 fully saturated rings. The van der Waals surface area contributed by atoms with Gasteiger partial charge in [-0.05, 0) is 56.9 Å². The predicted molar refractivity (Wildman–Crippen MR) is 107 cm³/mol. The van der Waals surface area contributed by atoms with E-state index in [4.69, 9.17) is 0 Å². The number of imidazole rings is 1. The fraction of sp³-hybridized carbons (Fsp3) is 0.381. The number of carbonyl (C=O) groups excluding carboxylic acids is 1. The number of hydrogen-bond donors (Lipinski definition) is 2. The van der Waals surface area contributed by atoms with Crippen LogP contribution in [0.4, 0.5) is 5.69 Å². The van der Waals surface area contributed by atoms with Crippen LogP contribution in [0, 0.1) is 13.8 Å². The third-order valence-corrected chi connectivity index (χ3v) is 4.83. The maximum atomic E-state index is 12.4. The molecule has 4 rings (SSSR count). The molecule has 1 aliphatic rings. The van der Waals surface area contributed by atoms with Crippen LogP contribution >= 0.6 is 0 Å². The third-order valence-electron chi connectivity index (χ3n) is 4.83. The fourth-order valence-corrected chi connectivity index (χ4v) is 3.25. The van der Waals surface area contributed by atoms with Gasteiger partial charge in [0.05, 0.1) is 23.3 Å². The summed E-state index contributed by atoms with van der Waals surface area (Å²) in [4.78, 5) is 16.9. The lowest BCUT2D eigenvalue weighted by Crippen LogP contribution is -2.26. The van der Waals surface area contributed by atoms with Crippen LogP contribution in [-0.2, 0) is 0 Å². The topological polar surface area (TPSA) is 71.3 Å². The minimum atomic E-state index is 0.0136. The lowest BCUT2D eigenvalue weighted by atomic mass is 10.0. The van der Waals surface area contributed by atoms with Crippen molar-refractivity contribution in [3.05, 3.63) is 47.3 Å². The van der Waals surface area contributed by atoms with Crippen LogP contribution < -0.4 is 10.6 Å². The Hall–Kier alpha value is -2.89. The van der Waals surface area contributed by atoms with Gasteiger partial charge in [-0.15, -0.1) is 0 Å². The Morgan fingerprint density at radius 2 is 2.07 bits per heavy atom. The van der Waals surface area contributed by atoms with Gasteiger partial charge in [-0.25, -0.2) is 9.50 Å². The number of nitrogens with zero attached hydrogens (tertiary/aromatic N) is 3. The van der Waals surface area contributed by atoms with Crippen molar-refractivity contribution in [1.82, 2.24) is 19.9 Å². The van der Waals surface area contributed by atoms with Gasteiger partial charge in [-0.1, -0.05) is 13.0 Å². The van der Waals surface area contributed by atoms with E-state index in [9.17, 15) is 4.79 Å². The van der Waals surface area contributed by atoms with Crippen molar-refractivity contribution in [2.45, 2.75) is 46.1 Å². The number of nitrogens with one attached hydrogen (secondary N) is 2. The molecule has 140 valence electrons. The number of aromatic nitrogens is 3. The molecule has 2 aromatic heterocycles. The third kappa shape index (κ3) is 3.52. The van der Waals surface area contributed by atoms with E-state index in [1.54, 1.807) is 0 Å². The quantitative estimate of drug-likeness (QED) is 0.700. The second-order valence-electron chi connectivity index (χ2n) is 7.28. The summed E-state index contributed by atoms with van der Waals surface area (Å²) >= 11 is 0. The smallest absolute Gasteiger partial charge is 0.251 e. The number of hydrogen-bond acceptors (Lipinski definition) is 4. The average molecular weight is 363 g/mol. The monoisotopic (exact) mass is 363 g/mol. The molecule has 1 saturated carbocycles. The van der Waals surface area contributed by atoms with Crippen LogP contribution in [0.5, 0.6) is 0 Å². The van der Waals surface area contributed by atoms with E-state index in [1.807, 2.05) is 48.8 Å². The summed E-state index contributed by atoms with van der Waals surface area (Å²) in [5, 5.41) is 11.1. The van der Waals surface area contributed by atoms with Crippen molar-refractivity contribution < 1.29 is 4.79 Å². The SMILES string of the molecule is CCCNc1cc(C)nn2c(-c3ccc(C(=O)NC4CC4)c(C)c3)cnc12. The van der Waals surface area contributed by atoms with Gasteiger partial charge in [0.1, 0.15) is 0 Å². The lowest BCUT2D eigenvalue weighted by Gasteiger charge is -2.10. The largest absolute Gasteiger partial charge is 0.382 e. The normalized spacial score (nSPS) is 13.7. The van der Waals surface area contributed by atoms with Gasteiger partial charge in [0.15, 0.2) is 5.65 Å². The first-order chi connectivity index (χ1) is 13.1. The Labute approximate surface area is 159 Å². The summed E-state index contributed by atoms with van der Waals surface area (Å²) in [5.74, 6) is 0.0136. The predicted octanol–water partition coefficient (Wildman–Crippen LogP) is 3.73. The van der Waals surface area contributed by atoms with Crippen LogP contribution in [0.2, 0.25) is 0 Å². The summed E-state index contributed by atoms with van der Waals surface area (Å²) in [7, 11) is 0. The fourth-order valence-electron chi connectivity index (χ4n) is 3.25. The van der Waals surface area contributed by atoms with Crippen molar-refractivity contribution in [2.24, 2.45) is 0 Å². The molecule has 6 heteroatoms. The number of aryl methyl sites for hydroxylation is 2. The summed E-state index contributed by atoms with van der Waals surface area (Å²) < 4.78 is 1.88. The molecule has 6 nitrogen and oxygen atoms in total. The van der Waals surface area contributed by atoms with Gasteiger partial charge < -0.3 is 10.6 Å². The molecule has 0 bridgehead atoms. The molecule has 27 heavy (non-hydrogen) atoms. The first-order valence-corrected chi connectivity index (χ1v) is 9.58.